The summed E-state index contributed by atoms with van der Waals surface area (Å²) in [7, 11) is 0. The molecule has 0 aliphatic heterocycles. The summed E-state index contributed by atoms with van der Waals surface area (Å²) in [6.45, 7) is 0.352. The van der Waals surface area contributed by atoms with E-state index < -0.39 is 5.97 Å². The van der Waals surface area contributed by atoms with E-state index in [1.165, 1.54) is 0 Å². The molecule has 10 heteroatoms. The van der Waals surface area contributed by atoms with Gasteiger partial charge in [0.2, 0.25) is 0 Å². The highest BCUT2D eigenvalue weighted by Crippen LogP contribution is 2.42. The molecule has 0 fully saturated rings. The molecule has 0 bridgehead atoms. The van der Waals surface area contributed by atoms with Gasteiger partial charge in [-0.05, 0) is 23.8 Å². The van der Waals surface area contributed by atoms with Crippen molar-refractivity contribution in [2.75, 3.05) is 5.32 Å². The fourth-order valence-electron chi connectivity index (χ4n) is 2.67. The molecule has 31 heavy (non-hydrogen) atoms. The fourth-order valence-corrected chi connectivity index (χ4v) is 4.31. The molecule has 0 atom stereocenters. The Balaban J connectivity index is 1.84. The maximum atomic E-state index is 11.7. The Kier molecular flexibility index (Phi) is 7.92. The first-order valence-electron chi connectivity index (χ1n) is 8.57. The Labute approximate surface area is 208 Å². The van der Waals surface area contributed by atoms with Crippen LogP contribution in [0, 0.1) is 0 Å². The summed E-state index contributed by atoms with van der Waals surface area (Å²) < 4.78 is 5.74. The largest absolute Gasteiger partial charge is 0.487 e. The first-order chi connectivity index (χ1) is 14.7. The van der Waals surface area contributed by atoms with Crippen molar-refractivity contribution in [3.8, 4) is 5.75 Å². The van der Waals surface area contributed by atoms with Crippen LogP contribution in [0.2, 0.25) is 25.1 Å². The van der Waals surface area contributed by atoms with E-state index in [1.54, 1.807) is 18.2 Å². The molecule has 0 aliphatic carbocycles. The van der Waals surface area contributed by atoms with Gasteiger partial charge >= 0.3 is 5.97 Å². The molecule has 4 nitrogen and oxygen atoms in total. The number of benzene rings is 3. The van der Waals surface area contributed by atoms with Crippen LogP contribution >= 0.6 is 70.2 Å². The van der Waals surface area contributed by atoms with Gasteiger partial charge in [-0.25, -0.2) is 4.79 Å². The molecule has 0 saturated heterocycles. The third-order valence-electron chi connectivity index (χ3n) is 4.13. The van der Waals surface area contributed by atoms with Crippen molar-refractivity contribution in [1.29, 1.82) is 0 Å². The number of ether oxygens (including phenoxy) is 1. The van der Waals surface area contributed by atoms with Crippen LogP contribution in [-0.4, -0.2) is 16.1 Å². The van der Waals surface area contributed by atoms with Crippen molar-refractivity contribution in [1.82, 2.24) is 0 Å². The third kappa shape index (κ3) is 5.37. The molecule has 0 heterocycles. The van der Waals surface area contributed by atoms with E-state index in [1.807, 2.05) is 30.3 Å². The van der Waals surface area contributed by atoms with Crippen molar-refractivity contribution in [3.63, 3.8) is 0 Å². The van der Waals surface area contributed by atoms with Gasteiger partial charge in [-0.15, -0.1) is 0 Å². The Morgan fingerprint density at radius 2 is 1.52 bits per heavy atom. The minimum absolute atomic E-state index is 0.0168. The number of halogens is 5. The summed E-state index contributed by atoms with van der Waals surface area (Å²) in [5, 5.41) is 12.1. The second-order valence-corrected chi connectivity index (χ2v) is 8.51. The molecule has 0 amide bonds. The third-order valence-corrected chi connectivity index (χ3v) is 6.54. The molecule has 0 spiro atoms. The lowest BCUT2D eigenvalue weighted by Gasteiger charge is -2.16. The second-order valence-electron chi connectivity index (χ2n) is 6.18. The van der Waals surface area contributed by atoms with Gasteiger partial charge in [-0.3, -0.25) is 0 Å². The first kappa shape index (κ1) is 23.9. The van der Waals surface area contributed by atoms with Crippen LogP contribution in [0.5, 0.6) is 5.75 Å². The highest BCUT2D eigenvalue weighted by atomic mass is 35.5. The van der Waals surface area contributed by atoms with Gasteiger partial charge in [-0.2, -0.15) is 0 Å². The molecule has 0 aliphatic rings. The number of carbonyl (C=O) groups is 1. The van der Waals surface area contributed by atoms with E-state index in [2.05, 4.69) is 5.32 Å². The second kappa shape index (κ2) is 10.3. The fraction of sp³-hybridized carbons (Fsp3) is 0.0476. The Hall–Kier alpha value is -1.73. The van der Waals surface area contributed by atoms with Gasteiger partial charge < -0.3 is 15.2 Å². The number of nitrogens with one attached hydrogen (secondary N) is 1. The number of hydrogen-bond donors (Lipinski definition) is 2. The molecular weight excluding hydrogens is 524 g/mol. The molecule has 0 aromatic heterocycles. The highest BCUT2D eigenvalue weighted by molar-refractivity contribution is 7.81. The first-order valence-corrected chi connectivity index (χ1v) is 10.9. The highest BCUT2D eigenvalue weighted by Gasteiger charge is 2.27. The number of rotatable bonds is 6. The summed E-state index contributed by atoms with van der Waals surface area (Å²) in [6.07, 6.45) is 0. The monoisotopic (exact) mass is 533 g/mol. The number of hydrogen-bond acceptors (Lipinski definition) is 3. The van der Waals surface area contributed by atoms with Gasteiger partial charge in [0.25, 0.3) is 0 Å². The van der Waals surface area contributed by atoms with Crippen LogP contribution in [0.15, 0.2) is 48.5 Å². The standard InChI is InChI=1S/C21H12Cl5NO3S/c22-12-8-11(6-7-13(12)30-9-10-4-2-1-3-5-10)27-20(31)14-15(21(28)29)17(24)19(26)18(25)16(14)23/h1-8H,9H2,(H,27,31)(H,28,29). The minimum atomic E-state index is -1.35. The number of carboxylic acid groups (broad SMARTS) is 1. The molecule has 3 rings (SSSR count). The summed E-state index contributed by atoms with van der Waals surface area (Å²) in [5.41, 5.74) is 1.07. The van der Waals surface area contributed by atoms with Gasteiger partial charge in [0.1, 0.15) is 17.3 Å². The lowest BCUT2D eigenvalue weighted by Crippen LogP contribution is -2.17. The predicted octanol–water partition coefficient (Wildman–Crippen LogP) is 8.02. The van der Waals surface area contributed by atoms with Crippen LogP contribution in [0.25, 0.3) is 0 Å². The van der Waals surface area contributed by atoms with Crippen molar-refractivity contribution >= 4 is 86.9 Å². The number of thiocarbonyl (C=S) groups is 1. The van der Waals surface area contributed by atoms with Crippen LogP contribution in [-0.2, 0) is 6.61 Å². The Morgan fingerprint density at radius 3 is 2.10 bits per heavy atom. The summed E-state index contributed by atoms with van der Waals surface area (Å²) >= 11 is 36.0. The van der Waals surface area contributed by atoms with Crippen molar-refractivity contribution < 1.29 is 14.6 Å². The quantitative estimate of drug-likeness (QED) is 0.190. The Morgan fingerprint density at radius 1 is 0.903 bits per heavy atom. The van der Waals surface area contributed by atoms with Crippen molar-refractivity contribution in [2.45, 2.75) is 6.61 Å². The van der Waals surface area contributed by atoms with E-state index in [4.69, 9.17) is 75.0 Å². The van der Waals surface area contributed by atoms with Gasteiger partial charge in [0.15, 0.2) is 0 Å². The topological polar surface area (TPSA) is 58.6 Å². The molecule has 2 N–H and O–H groups in total. The SMILES string of the molecule is O=C(O)c1c(Cl)c(Cl)c(Cl)c(Cl)c1C(=S)Nc1ccc(OCc2ccccc2)c(Cl)c1. The zero-order chi connectivity index (χ0) is 22.7. The van der Waals surface area contributed by atoms with Crippen molar-refractivity contribution in [3.05, 3.63) is 90.3 Å². The smallest absolute Gasteiger partial charge is 0.338 e. The molecule has 160 valence electrons. The zero-order valence-corrected chi connectivity index (χ0v) is 20.0. The minimum Gasteiger partial charge on any atom is -0.487 e. The lowest BCUT2D eigenvalue weighted by molar-refractivity contribution is 0.0697. The number of carboxylic acids is 1. The molecule has 0 unspecified atom stereocenters. The molecular formula is C21H12Cl5NO3S. The van der Waals surface area contributed by atoms with Crippen LogP contribution < -0.4 is 10.1 Å². The summed E-state index contributed by atoms with van der Waals surface area (Å²) in [4.78, 5) is 11.7. The van der Waals surface area contributed by atoms with E-state index >= 15 is 0 Å². The van der Waals surface area contributed by atoms with Crippen LogP contribution in [0.4, 0.5) is 5.69 Å². The molecule has 3 aromatic rings. The summed E-state index contributed by atoms with van der Waals surface area (Å²) in [5.74, 6) is -0.879. The zero-order valence-electron chi connectivity index (χ0n) is 15.4. The number of anilines is 1. The predicted molar refractivity (Wildman–Crippen MR) is 131 cm³/mol. The normalized spacial score (nSPS) is 10.6. The van der Waals surface area contributed by atoms with Gasteiger partial charge in [0.05, 0.1) is 30.7 Å². The van der Waals surface area contributed by atoms with E-state index in [0.717, 1.165) is 5.56 Å². The maximum Gasteiger partial charge on any atom is 0.338 e. The average Bonchev–Trinajstić information content (AvgIpc) is 2.74. The van der Waals surface area contributed by atoms with Gasteiger partial charge in [-0.1, -0.05) is 101 Å². The van der Waals surface area contributed by atoms with Crippen LogP contribution in [0.3, 0.4) is 0 Å². The Bertz CT molecular complexity index is 1170. The van der Waals surface area contributed by atoms with E-state index in [0.29, 0.717) is 23.1 Å². The lowest BCUT2D eigenvalue weighted by atomic mass is 10.1. The summed E-state index contributed by atoms with van der Waals surface area (Å²) in [6, 6.07) is 14.6. The van der Waals surface area contributed by atoms with Gasteiger partial charge in [0, 0.05) is 11.3 Å². The molecule has 0 saturated carbocycles. The average molecular weight is 536 g/mol. The van der Waals surface area contributed by atoms with Crippen LogP contribution in [0.1, 0.15) is 21.5 Å². The van der Waals surface area contributed by atoms with E-state index in [-0.39, 0.29) is 36.2 Å². The molecule has 0 radical (unpaired) electrons. The number of aromatic carboxylic acids is 1. The maximum absolute atomic E-state index is 11.7. The molecule has 3 aromatic carbocycles. The van der Waals surface area contributed by atoms with Crippen molar-refractivity contribution in [2.24, 2.45) is 0 Å². The van der Waals surface area contributed by atoms with E-state index in [9.17, 15) is 9.90 Å².